The maximum atomic E-state index is 11.9. The van der Waals surface area contributed by atoms with Crippen molar-refractivity contribution in [2.75, 3.05) is 6.61 Å². The smallest absolute Gasteiger partial charge is 0.408 e. The van der Waals surface area contributed by atoms with Crippen LogP contribution in [0.3, 0.4) is 0 Å². The zero-order valence-electron chi connectivity index (χ0n) is 11.7. The largest absolute Gasteiger partial charge is 0.444 e. The third kappa shape index (κ3) is 2.79. The summed E-state index contributed by atoms with van der Waals surface area (Å²) in [5, 5.41) is 12.6. The van der Waals surface area contributed by atoms with Crippen molar-refractivity contribution >= 4 is 6.09 Å². The quantitative estimate of drug-likeness (QED) is 0.797. The van der Waals surface area contributed by atoms with E-state index in [1.807, 2.05) is 20.8 Å². The molecule has 18 heavy (non-hydrogen) atoms. The highest BCUT2D eigenvalue weighted by atomic mass is 16.6. The maximum Gasteiger partial charge on any atom is 0.408 e. The molecular formula is C14H25NO3. The lowest BCUT2D eigenvalue weighted by Crippen LogP contribution is -2.50. The van der Waals surface area contributed by atoms with Crippen LogP contribution in [0.4, 0.5) is 4.79 Å². The third-order valence-electron chi connectivity index (χ3n) is 4.31. The summed E-state index contributed by atoms with van der Waals surface area (Å²) in [6, 6.07) is 0. The molecule has 1 amide bonds. The molecule has 0 radical (unpaired) electrons. The SMILES string of the molecule is CC(C)(C)OC(=O)N[C@@]12CCC[C@@](CO)(CC1)C2. The monoisotopic (exact) mass is 255 g/mol. The number of amides is 1. The predicted molar refractivity (Wildman–Crippen MR) is 69.3 cm³/mol. The van der Waals surface area contributed by atoms with E-state index in [0.29, 0.717) is 0 Å². The van der Waals surface area contributed by atoms with Crippen molar-refractivity contribution < 1.29 is 14.6 Å². The van der Waals surface area contributed by atoms with Crippen molar-refractivity contribution in [3.05, 3.63) is 0 Å². The van der Waals surface area contributed by atoms with Crippen LogP contribution in [-0.2, 0) is 4.74 Å². The average Bonchev–Trinajstić information content (AvgIpc) is 2.48. The second-order valence-electron chi connectivity index (χ2n) is 7.10. The van der Waals surface area contributed by atoms with E-state index in [9.17, 15) is 9.90 Å². The van der Waals surface area contributed by atoms with Gasteiger partial charge in [0.05, 0.1) is 0 Å². The lowest BCUT2D eigenvalue weighted by atomic mass is 9.73. The Bertz CT molecular complexity index is 336. The van der Waals surface area contributed by atoms with Crippen LogP contribution >= 0.6 is 0 Å². The van der Waals surface area contributed by atoms with E-state index in [1.54, 1.807) is 0 Å². The molecule has 2 rings (SSSR count). The number of hydrogen-bond acceptors (Lipinski definition) is 3. The van der Waals surface area contributed by atoms with E-state index < -0.39 is 5.60 Å². The van der Waals surface area contributed by atoms with Crippen molar-refractivity contribution in [3.8, 4) is 0 Å². The molecule has 0 aromatic heterocycles. The highest BCUT2D eigenvalue weighted by molar-refractivity contribution is 5.69. The molecule has 2 aliphatic rings. The normalized spacial score (nSPS) is 35.3. The van der Waals surface area contributed by atoms with Gasteiger partial charge in [-0.3, -0.25) is 0 Å². The fraction of sp³-hybridized carbons (Fsp3) is 0.929. The van der Waals surface area contributed by atoms with Crippen molar-refractivity contribution in [2.45, 2.75) is 70.4 Å². The maximum absolute atomic E-state index is 11.9. The molecule has 2 saturated carbocycles. The molecule has 0 spiro atoms. The van der Waals surface area contributed by atoms with Crippen LogP contribution < -0.4 is 5.32 Å². The first-order chi connectivity index (χ1) is 8.28. The minimum absolute atomic E-state index is 0.0489. The summed E-state index contributed by atoms with van der Waals surface area (Å²) in [5.41, 5.74) is -0.543. The Morgan fingerprint density at radius 2 is 2.00 bits per heavy atom. The standard InChI is InChI=1S/C14H25NO3/c1-12(2,3)18-11(17)15-14-6-4-5-13(9-14,10-16)7-8-14/h16H,4-10H2,1-3H3,(H,15,17)/t13-,14+/m1/s1. The van der Waals surface area contributed by atoms with Crippen LogP contribution in [0.5, 0.6) is 0 Å². The molecule has 2 fully saturated rings. The van der Waals surface area contributed by atoms with Gasteiger partial charge in [0.15, 0.2) is 0 Å². The molecule has 2 bridgehead atoms. The van der Waals surface area contributed by atoms with Gasteiger partial charge in [0.2, 0.25) is 0 Å². The van der Waals surface area contributed by atoms with Crippen LogP contribution in [0.25, 0.3) is 0 Å². The number of carbonyl (C=O) groups excluding carboxylic acids is 1. The molecule has 4 heteroatoms. The summed E-state index contributed by atoms with van der Waals surface area (Å²) in [6.07, 6.45) is 5.73. The van der Waals surface area contributed by atoms with E-state index in [0.717, 1.165) is 38.5 Å². The Labute approximate surface area is 109 Å². The topological polar surface area (TPSA) is 58.6 Å². The van der Waals surface area contributed by atoms with Gasteiger partial charge in [-0.15, -0.1) is 0 Å². The molecule has 0 heterocycles. The number of alkyl carbamates (subject to hydrolysis) is 1. The molecule has 2 N–H and O–H groups in total. The second-order valence-corrected chi connectivity index (χ2v) is 7.10. The highest BCUT2D eigenvalue weighted by Gasteiger charge is 2.51. The molecule has 4 nitrogen and oxygen atoms in total. The van der Waals surface area contributed by atoms with Gasteiger partial charge < -0.3 is 15.2 Å². The molecule has 0 aliphatic heterocycles. The van der Waals surface area contributed by atoms with Crippen LogP contribution in [-0.4, -0.2) is 28.9 Å². The zero-order chi connectivity index (χ0) is 13.4. The average molecular weight is 255 g/mol. The van der Waals surface area contributed by atoms with Gasteiger partial charge in [-0.25, -0.2) is 4.79 Å². The summed E-state index contributed by atoms with van der Waals surface area (Å²) in [4.78, 5) is 11.9. The lowest BCUT2D eigenvalue weighted by Gasteiger charge is -2.39. The molecule has 0 aromatic rings. The number of carbonyl (C=O) groups is 1. The Morgan fingerprint density at radius 1 is 1.28 bits per heavy atom. The van der Waals surface area contributed by atoms with Crippen LogP contribution in [0.1, 0.15) is 59.3 Å². The van der Waals surface area contributed by atoms with E-state index in [1.165, 1.54) is 0 Å². The molecule has 0 saturated heterocycles. The first kappa shape index (κ1) is 13.7. The first-order valence-corrected chi connectivity index (χ1v) is 6.90. The number of aliphatic hydroxyl groups is 1. The zero-order valence-corrected chi connectivity index (χ0v) is 11.7. The number of nitrogens with one attached hydrogen (secondary N) is 1. The van der Waals surface area contributed by atoms with Crippen LogP contribution in [0.2, 0.25) is 0 Å². The second kappa shape index (κ2) is 4.41. The molecule has 104 valence electrons. The minimum Gasteiger partial charge on any atom is -0.444 e. The van der Waals surface area contributed by atoms with Gasteiger partial charge in [-0.1, -0.05) is 6.42 Å². The summed E-state index contributed by atoms with van der Waals surface area (Å²) >= 11 is 0. The van der Waals surface area contributed by atoms with Gasteiger partial charge in [-0.05, 0) is 58.3 Å². The third-order valence-corrected chi connectivity index (χ3v) is 4.31. The molecule has 2 aliphatic carbocycles. The number of fused-ring (bicyclic) bond motifs is 2. The summed E-state index contributed by atoms with van der Waals surface area (Å²) in [5.74, 6) is 0. The van der Waals surface area contributed by atoms with Crippen molar-refractivity contribution in [2.24, 2.45) is 5.41 Å². The first-order valence-electron chi connectivity index (χ1n) is 6.90. The number of rotatable bonds is 2. The fourth-order valence-corrected chi connectivity index (χ4v) is 3.53. The van der Waals surface area contributed by atoms with Crippen LogP contribution in [0.15, 0.2) is 0 Å². The fourth-order valence-electron chi connectivity index (χ4n) is 3.53. The van der Waals surface area contributed by atoms with E-state index in [-0.39, 0.29) is 23.7 Å². The van der Waals surface area contributed by atoms with Crippen LogP contribution in [0, 0.1) is 5.41 Å². The Kier molecular flexibility index (Phi) is 3.34. The Morgan fingerprint density at radius 3 is 2.61 bits per heavy atom. The Hall–Kier alpha value is -0.770. The highest BCUT2D eigenvalue weighted by Crippen LogP contribution is 2.53. The Balaban J connectivity index is 1.99. The van der Waals surface area contributed by atoms with Gasteiger partial charge in [0.25, 0.3) is 0 Å². The summed E-state index contributed by atoms with van der Waals surface area (Å²) < 4.78 is 5.34. The molecular weight excluding hydrogens is 230 g/mol. The number of hydrogen-bond donors (Lipinski definition) is 2. The lowest BCUT2D eigenvalue weighted by molar-refractivity contribution is 0.0374. The van der Waals surface area contributed by atoms with Gasteiger partial charge in [0, 0.05) is 12.1 Å². The van der Waals surface area contributed by atoms with Crippen molar-refractivity contribution in [1.29, 1.82) is 0 Å². The molecule has 0 unspecified atom stereocenters. The van der Waals surface area contributed by atoms with Crippen molar-refractivity contribution in [1.82, 2.24) is 5.32 Å². The molecule has 0 aromatic carbocycles. The van der Waals surface area contributed by atoms with E-state index >= 15 is 0 Å². The van der Waals surface area contributed by atoms with Crippen molar-refractivity contribution in [3.63, 3.8) is 0 Å². The predicted octanol–water partition coefficient (Wildman–Crippen LogP) is 2.60. The van der Waals surface area contributed by atoms with Gasteiger partial charge >= 0.3 is 6.09 Å². The van der Waals surface area contributed by atoms with E-state index in [4.69, 9.17) is 4.74 Å². The number of aliphatic hydroxyl groups excluding tert-OH is 1. The minimum atomic E-state index is -0.456. The van der Waals surface area contributed by atoms with E-state index in [2.05, 4.69) is 5.32 Å². The molecule has 2 atom stereocenters. The summed E-state index contributed by atoms with van der Waals surface area (Å²) in [6.45, 7) is 5.86. The van der Waals surface area contributed by atoms with Gasteiger partial charge in [0.1, 0.15) is 5.60 Å². The number of ether oxygens (including phenoxy) is 1. The van der Waals surface area contributed by atoms with Gasteiger partial charge in [-0.2, -0.15) is 0 Å². The summed E-state index contributed by atoms with van der Waals surface area (Å²) in [7, 11) is 0.